The Hall–Kier alpha value is -1.38. The van der Waals surface area contributed by atoms with Crippen molar-refractivity contribution in [2.45, 2.75) is 20.8 Å². The second-order valence-corrected chi connectivity index (χ2v) is 4.80. The molecule has 0 spiro atoms. The van der Waals surface area contributed by atoms with E-state index in [1.54, 1.807) is 12.1 Å². The molecule has 0 aromatic heterocycles. The maximum Gasteiger partial charge on any atom is 0.160 e. The van der Waals surface area contributed by atoms with Crippen LogP contribution in [0, 0.1) is 5.41 Å². The second-order valence-electron chi connectivity index (χ2n) is 4.80. The molecule has 0 unspecified atom stereocenters. The lowest BCUT2D eigenvalue weighted by molar-refractivity contribution is 0.373. The van der Waals surface area contributed by atoms with Gasteiger partial charge in [-0.15, -0.1) is 0 Å². The number of phenolic OH excluding ortho intramolecular Hbond substituents is 1. The number of nitrogens with one attached hydrogen (secondary N) is 1. The molecule has 0 radical (unpaired) electrons. The van der Waals surface area contributed by atoms with E-state index in [1.807, 2.05) is 6.07 Å². The first-order chi connectivity index (χ1) is 6.92. The number of anilines is 1. The minimum Gasteiger partial charge on any atom is -0.504 e. The molecule has 0 heterocycles. The van der Waals surface area contributed by atoms with Gasteiger partial charge in [-0.1, -0.05) is 20.8 Å². The molecule has 0 saturated carbocycles. The van der Waals surface area contributed by atoms with Gasteiger partial charge in [-0.05, 0) is 17.5 Å². The third-order valence-corrected chi connectivity index (χ3v) is 2.00. The van der Waals surface area contributed by atoms with E-state index in [4.69, 9.17) is 4.74 Å². The lowest BCUT2D eigenvalue weighted by Gasteiger charge is -2.19. The van der Waals surface area contributed by atoms with Crippen LogP contribution in [0.2, 0.25) is 0 Å². The minimum absolute atomic E-state index is 0.163. The predicted molar refractivity (Wildman–Crippen MR) is 62.6 cm³/mol. The van der Waals surface area contributed by atoms with Gasteiger partial charge in [0.15, 0.2) is 11.5 Å². The summed E-state index contributed by atoms with van der Waals surface area (Å²) in [6.45, 7) is 7.33. The number of phenols is 1. The number of rotatable bonds is 3. The van der Waals surface area contributed by atoms with E-state index in [9.17, 15) is 5.11 Å². The van der Waals surface area contributed by atoms with Gasteiger partial charge in [0.1, 0.15) is 0 Å². The molecule has 1 rings (SSSR count). The normalized spacial score (nSPS) is 11.2. The fourth-order valence-electron chi connectivity index (χ4n) is 1.17. The fourth-order valence-corrected chi connectivity index (χ4v) is 1.17. The Bertz CT molecular complexity index is 329. The van der Waals surface area contributed by atoms with E-state index >= 15 is 0 Å². The standard InChI is InChI=1S/C12H19NO2/c1-12(2,3)8-13-9-5-6-11(15-4)10(14)7-9/h5-7,13-14H,8H2,1-4H3. The lowest BCUT2D eigenvalue weighted by atomic mass is 9.97. The van der Waals surface area contributed by atoms with Gasteiger partial charge in [0.2, 0.25) is 0 Å². The Morgan fingerprint density at radius 2 is 2.00 bits per heavy atom. The summed E-state index contributed by atoms with van der Waals surface area (Å²) in [6, 6.07) is 5.31. The van der Waals surface area contributed by atoms with Crippen LogP contribution in [0.3, 0.4) is 0 Å². The highest BCUT2D eigenvalue weighted by molar-refractivity contribution is 5.54. The third-order valence-electron chi connectivity index (χ3n) is 2.00. The number of methoxy groups -OCH3 is 1. The monoisotopic (exact) mass is 209 g/mol. The number of benzene rings is 1. The van der Waals surface area contributed by atoms with Crippen LogP contribution in [0.1, 0.15) is 20.8 Å². The molecular formula is C12H19NO2. The van der Waals surface area contributed by atoms with Gasteiger partial charge in [0, 0.05) is 18.3 Å². The highest BCUT2D eigenvalue weighted by Crippen LogP contribution is 2.29. The summed E-state index contributed by atoms with van der Waals surface area (Å²) in [6.07, 6.45) is 0. The van der Waals surface area contributed by atoms with Crippen LogP contribution in [-0.2, 0) is 0 Å². The van der Waals surface area contributed by atoms with Crippen molar-refractivity contribution in [2.24, 2.45) is 5.41 Å². The second kappa shape index (κ2) is 4.43. The molecule has 2 N–H and O–H groups in total. The van der Waals surface area contributed by atoms with E-state index in [2.05, 4.69) is 26.1 Å². The van der Waals surface area contributed by atoms with E-state index in [-0.39, 0.29) is 11.2 Å². The molecule has 0 atom stereocenters. The molecule has 1 aromatic rings. The SMILES string of the molecule is COc1ccc(NCC(C)(C)C)cc1O. The zero-order chi connectivity index (χ0) is 11.5. The molecule has 0 aliphatic carbocycles. The van der Waals surface area contributed by atoms with Crippen molar-refractivity contribution in [1.29, 1.82) is 0 Å². The van der Waals surface area contributed by atoms with Crippen molar-refractivity contribution < 1.29 is 9.84 Å². The zero-order valence-electron chi connectivity index (χ0n) is 9.79. The van der Waals surface area contributed by atoms with E-state index in [1.165, 1.54) is 7.11 Å². The summed E-state index contributed by atoms with van der Waals surface area (Å²) in [7, 11) is 1.54. The van der Waals surface area contributed by atoms with Crippen LogP contribution in [0.25, 0.3) is 0 Å². The minimum atomic E-state index is 0.163. The van der Waals surface area contributed by atoms with Crippen molar-refractivity contribution in [3.8, 4) is 11.5 Å². The van der Waals surface area contributed by atoms with Gasteiger partial charge < -0.3 is 15.2 Å². The van der Waals surface area contributed by atoms with Gasteiger partial charge in [0.25, 0.3) is 0 Å². The topological polar surface area (TPSA) is 41.5 Å². The van der Waals surface area contributed by atoms with E-state index in [0.29, 0.717) is 5.75 Å². The van der Waals surface area contributed by atoms with Gasteiger partial charge in [-0.2, -0.15) is 0 Å². The molecule has 3 heteroatoms. The summed E-state index contributed by atoms with van der Waals surface area (Å²) in [5.74, 6) is 0.660. The molecule has 3 nitrogen and oxygen atoms in total. The molecular weight excluding hydrogens is 190 g/mol. The van der Waals surface area contributed by atoms with Crippen molar-refractivity contribution in [1.82, 2.24) is 0 Å². The maximum absolute atomic E-state index is 9.56. The Balaban J connectivity index is 2.68. The first kappa shape index (κ1) is 11.7. The molecule has 0 saturated heterocycles. The molecule has 0 fully saturated rings. The van der Waals surface area contributed by atoms with Crippen molar-refractivity contribution in [3.05, 3.63) is 18.2 Å². The smallest absolute Gasteiger partial charge is 0.160 e. The van der Waals surface area contributed by atoms with Crippen LogP contribution in [0.5, 0.6) is 11.5 Å². The Kier molecular flexibility index (Phi) is 3.45. The molecule has 0 amide bonds. The Labute approximate surface area is 91.1 Å². The van der Waals surface area contributed by atoms with Crippen molar-refractivity contribution >= 4 is 5.69 Å². The number of ether oxygens (including phenoxy) is 1. The van der Waals surface area contributed by atoms with Crippen molar-refractivity contribution in [3.63, 3.8) is 0 Å². The maximum atomic E-state index is 9.56. The van der Waals surface area contributed by atoms with Crippen molar-refractivity contribution in [2.75, 3.05) is 19.0 Å². The summed E-state index contributed by atoms with van der Waals surface area (Å²) in [5.41, 5.74) is 1.12. The average molecular weight is 209 g/mol. The molecule has 0 bridgehead atoms. The summed E-state index contributed by atoms with van der Waals surface area (Å²) < 4.78 is 4.97. The average Bonchev–Trinajstić information content (AvgIpc) is 2.14. The Morgan fingerprint density at radius 1 is 1.33 bits per heavy atom. The van der Waals surface area contributed by atoms with Crippen LogP contribution < -0.4 is 10.1 Å². The third kappa shape index (κ3) is 3.70. The van der Waals surface area contributed by atoms with E-state index in [0.717, 1.165) is 12.2 Å². The first-order valence-corrected chi connectivity index (χ1v) is 5.03. The quantitative estimate of drug-likeness (QED) is 0.804. The van der Waals surface area contributed by atoms with Crippen LogP contribution >= 0.6 is 0 Å². The number of hydrogen-bond acceptors (Lipinski definition) is 3. The lowest BCUT2D eigenvalue weighted by Crippen LogP contribution is -2.18. The van der Waals surface area contributed by atoms with Crippen LogP contribution in [0.4, 0.5) is 5.69 Å². The largest absolute Gasteiger partial charge is 0.504 e. The Morgan fingerprint density at radius 3 is 2.47 bits per heavy atom. The molecule has 0 aliphatic heterocycles. The number of aromatic hydroxyl groups is 1. The number of hydrogen-bond donors (Lipinski definition) is 2. The van der Waals surface area contributed by atoms with E-state index < -0.39 is 0 Å². The molecule has 84 valence electrons. The predicted octanol–water partition coefficient (Wildman–Crippen LogP) is 2.86. The van der Waals surface area contributed by atoms with Gasteiger partial charge in [-0.3, -0.25) is 0 Å². The fraction of sp³-hybridized carbons (Fsp3) is 0.500. The highest BCUT2D eigenvalue weighted by atomic mass is 16.5. The van der Waals surface area contributed by atoms with Crippen LogP contribution in [-0.4, -0.2) is 18.8 Å². The molecule has 15 heavy (non-hydrogen) atoms. The highest BCUT2D eigenvalue weighted by Gasteiger charge is 2.10. The van der Waals surface area contributed by atoms with Gasteiger partial charge in [-0.25, -0.2) is 0 Å². The summed E-state index contributed by atoms with van der Waals surface area (Å²) in [4.78, 5) is 0. The molecule has 0 aliphatic rings. The van der Waals surface area contributed by atoms with Gasteiger partial charge in [0.05, 0.1) is 7.11 Å². The summed E-state index contributed by atoms with van der Waals surface area (Å²) in [5, 5.41) is 12.8. The first-order valence-electron chi connectivity index (χ1n) is 5.03. The zero-order valence-corrected chi connectivity index (χ0v) is 9.79. The molecule has 1 aromatic carbocycles. The van der Waals surface area contributed by atoms with Gasteiger partial charge >= 0.3 is 0 Å². The summed E-state index contributed by atoms with van der Waals surface area (Å²) >= 11 is 0. The van der Waals surface area contributed by atoms with Crippen LogP contribution in [0.15, 0.2) is 18.2 Å².